The van der Waals surface area contributed by atoms with Crippen LogP contribution in [0.2, 0.25) is 0 Å². The zero-order valence-corrected chi connectivity index (χ0v) is 11.2. The first-order valence-corrected chi connectivity index (χ1v) is 5.95. The molecule has 0 heterocycles. The van der Waals surface area contributed by atoms with Gasteiger partial charge >= 0.3 is 0 Å². The van der Waals surface area contributed by atoms with Crippen molar-refractivity contribution in [3.8, 4) is 0 Å². The number of nitrogens with zero attached hydrogens (tertiary/aromatic N) is 1. The monoisotopic (exact) mass is 321 g/mol. The largest absolute Gasteiger partial charge is 0.395 e. The van der Waals surface area contributed by atoms with E-state index in [1.165, 1.54) is 5.56 Å². The van der Waals surface area contributed by atoms with Crippen molar-refractivity contribution < 1.29 is 5.11 Å². The van der Waals surface area contributed by atoms with Crippen LogP contribution in [0.5, 0.6) is 0 Å². The van der Waals surface area contributed by atoms with E-state index in [4.69, 9.17) is 5.11 Å². The van der Waals surface area contributed by atoms with Crippen LogP contribution in [0.4, 0.5) is 0 Å². The smallest absolute Gasteiger partial charge is 0.0558 e. The van der Waals surface area contributed by atoms with Crippen molar-refractivity contribution in [3.63, 3.8) is 0 Å². The van der Waals surface area contributed by atoms with E-state index in [2.05, 4.69) is 48.9 Å². The summed E-state index contributed by atoms with van der Waals surface area (Å²) >= 11 is 6.89. The second-order valence-corrected chi connectivity index (χ2v) is 5.07. The Kier molecular flexibility index (Phi) is 5.09. The Morgan fingerprint density at radius 1 is 1.21 bits per heavy atom. The number of likely N-dealkylation sites (N-methyl/N-ethyl adjacent to an activating group) is 1. The van der Waals surface area contributed by atoms with Crippen molar-refractivity contribution in [1.29, 1.82) is 0 Å². The minimum absolute atomic E-state index is 0.200. The molecule has 0 bridgehead atoms. The van der Waals surface area contributed by atoms with Gasteiger partial charge in [0.05, 0.1) is 6.61 Å². The van der Waals surface area contributed by atoms with Crippen molar-refractivity contribution in [2.45, 2.75) is 6.54 Å². The highest BCUT2D eigenvalue weighted by Crippen LogP contribution is 2.20. The third-order valence-electron chi connectivity index (χ3n) is 1.86. The summed E-state index contributed by atoms with van der Waals surface area (Å²) in [7, 11) is 1.99. The van der Waals surface area contributed by atoms with Crippen molar-refractivity contribution in [1.82, 2.24) is 4.90 Å². The molecule has 0 saturated heterocycles. The molecule has 78 valence electrons. The third kappa shape index (κ3) is 4.09. The van der Waals surface area contributed by atoms with E-state index in [0.717, 1.165) is 15.5 Å². The summed E-state index contributed by atoms with van der Waals surface area (Å²) in [4.78, 5) is 2.08. The summed E-state index contributed by atoms with van der Waals surface area (Å²) in [5.41, 5.74) is 1.22. The van der Waals surface area contributed by atoms with Gasteiger partial charge in [0.2, 0.25) is 0 Å². The first-order chi connectivity index (χ1) is 6.61. The second-order valence-electron chi connectivity index (χ2n) is 3.24. The van der Waals surface area contributed by atoms with Crippen LogP contribution in [0, 0.1) is 0 Å². The number of rotatable bonds is 4. The first-order valence-electron chi connectivity index (χ1n) is 4.36. The van der Waals surface area contributed by atoms with Gasteiger partial charge in [-0.15, -0.1) is 0 Å². The van der Waals surface area contributed by atoms with Crippen molar-refractivity contribution in [2.24, 2.45) is 0 Å². The highest BCUT2D eigenvalue weighted by Gasteiger charge is 2.01. The number of hydrogen-bond acceptors (Lipinski definition) is 2. The van der Waals surface area contributed by atoms with Gasteiger partial charge in [0.25, 0.3) is 0 Å². The third-order valence-corrected chi connectivity index (χ3v) is 2.77. The Morgan fingerprint density at radius 3 is 2.29 bits per heavy atom. The normalized spacial score (nSPS) is 10.9. The summed E-state index contributed by atoms with van der Waals surface area (Å²) in [5.74, 6) is 0. The summed E-state index contributed by atoms with van der Waals surface area (Å²) in [6, 6.07) is 6.17. The minimum atomic E-state index is 0.200. The fraction of sp³-hybridized carbons (Fsp3) is 0.400. The van der Waals surface area contributed by atoms with Crippen molar-refractivity contribution in [2.75, 3.05) is 20.2 Å². The van der Waals surface area contributed by atoms with Crippen LogP contribution in [0.15, 0.2) is 27.1 Å². The second kappa shape index (κ2) is 5.85. The molecule has 14 heavy (non-hydrogen) atoms. The average Bonchev–Trinajstić information content (AvgIpc) is 2.01. The Bertz CT molecular complexity index is 284. The molecular weight excluding hydrogens is 310 g/mol. The fourth-order valence-electron chi connectivity index (χ4n) is 1.26. The van der Waals surface area contributed by atoms with Crippen LogP contribution in [0.3, 0.4) is 0 Å². The molecule has 4 heteroatoms. The van der Waals surface area contributed by atoms with Gasteiger partial charge in [-0.25, -0.2) is 0 Å². The molecule has 1 rings (SSSR count). The van der Waals surface area contributed by atoms with Crippen LogP contribution in [0.1, 0.15) is 5.56 Å². The fourth-order valence-corrected chi connectivity index (χ4v) is 2.65. The van der Waals surface area contributed by atoms with Gasteiger partial charge < -0.3 is 5.11 Å². The summed E-state index contributed by atoms with van der Waals surface area (Å²) < 4.78 is 2.14. The molecule has 1 aromatic rings. The number of benzene rings is 1. The Hall–Kier alpha value is 0.1000. The summed E-state index contributed by atoms with van der Waals surface area (Å²) in [6.07, 6.45) is 0. The molecule has 1 aromatic carbocycles. The molecule has 0 aliphatic heterocycles. The maximum atomic E-state index is 8.76. The van der Waals surface area contributed by atoms with Gasteiger partial charge in [0.15, 0.2) is 0 Å². The molecule has 2 nitrogen and oxygen atoms in total. The van der Waals surface area contributed by atoms with Gasteiger partial charge in [0.1, 0.15) is 0 Å². The lowest BCUT2D eigenvalue weighted by Gasteiger charge is -2.15. The molecule has 0 fully saturated rings. The van der Waals surface area contributed by atoms with Gasteiger partial charge in [-0.3, -0.25) is 4.90 Å². The lowest BCUT2D eigenvalue weighted by atomic mass is 10.2. The van der Waals surface area contributed by atoms with Crippen LogP contribution >= 0.6 is 31.9 Å². The predicted octanol–water partition coefficient (Wildman–Crippen LogP) is 2.64. The van der Waals surface area contributed by atoms with E-state index >= 15 is 0 Å². The molecule has 0 aliphatic carbocycles. The van der Waals surface area contributed by atoms with E-state index in [1.54, 1.807) is 0 Å². The molecule has 0 atom stereocenters. The molecule has 1 N–H and O–H groups in total. The molecule has 0 amide bonds. The maximum Gasteiger partial charge on any atom is 0.0558 e. The summed E-state index contributed by atoms with van der Waals surface area (Å²) in [5, 5.41) is 8.76. The van der Waals surface area contributed by atoms with Gasteiger partial charge in [-0.05, 0) is 30.8 Å². The van der Waals surface area contributed by atoms with E-state index in [0.29, 0.717) is 6.54 Å². The number of hydrogen-bond donors (Lipinski definition) is 1. The zero-order valence-electron chi connectivity index (χ0n) is 8.00. The topological polar surface area (TPSA) is 23.5 Å². The maximum absolute atomic E-state index is 8.76. The van der Waals surface area contributed by atoms with Crippen LogP contribution in [0.25, 0.3) is 0 Å². The molecule has 0 aromatic heterocycles. The van der Waals surface area contributed by atoms with Crippen LogP contribution in [-0.4, -0.2) is 30.2 Å². The number of aliphatic hydroxyl groups is 1. The zero-order chi connectivity index (χ0) is 10.6. The SMILES string of the molecule is CN(CCO)Cc1cc(Br)cc(Br)c1. The average molecular weight is 323 g/mol. The minimum Gasteiger partial charge on any atom is -0.395 e. The van der Waals surface area contributed by atoms with Gasteiger partial charge in [0, 0.05) is 22.0 Å². The van der Waals surface area contributed by atoms with E-state index in [-0.39, 0.29) is 6.61 Å². The van der Waals surface area contributed by atoms with Crippen molar-refractivity contribution in [3.05, 3.63) is 32.7 Å². The molecular formula is C10H13Br2NO. The Labute approximate surface area is 101 Å². The summed E-state index contributed by atoms with van der Waals surface area (Å²) in [6.45, 7) is 1.74. The Morgan fingerprint density at radius 2 is 1.79 bits per heavy atom. The highest BCUT2D eigenvalue weighted by molar-refractivity contribution is 9.11. The van der Waals surface area contributed by atoms with Gasteiger partial charge in [-0.2, -0.15) is 0 Å². The molecule has 0 spiro atoms. The molecule has 0 radical (unpaired) electrons. The van der Waals surface area contributed by atoms with E-state index < -0.39 is 0 Å². The van der Waals surface area contributed by atoms with E-state index in [9.17, 15) is 0 Å². The predicted molar refractivity (Wildman–Crippen MR) is 65.3 cm³/mol. The van der Waals surface area contributed by atoms with Gasteiger partial charge in [-0.1, -0.05) is 31.9 Å². The molecule has 0 saturated carbocycles. The van der Waals surface area contributed by atoms with Crippen molar-refractivity contribution >= 4 is 31.9 Å². The molecule has 0 unspecified atom stereocenters. The highest BCUT2D eigenvalue weighted by atomic mass is 79.9. The standard InChI is InChI=1S/C10H13Br2NO/c1-13(2-3-14)7-8-4-9(11)6-10(12)5-8/h4-6,14H,2-3,7H2,1H3. The Balaban J connectivity index is 2.66. The quantitative estimate of drug-likeness (QED) is 0.921. The van der Waals surface area contributed by atoms with E-state index in [1.807, 2.05) is 13.1 Å². The first kappa shape index (κ1) is 12.2. The molecule has 0 aliphatic rings. The van der Waals surface area contributed by atoms with Crippen LogP contribution < -0.4 is 0 Å². The van der Waals surface area contributed by atoms with Crippen LogP contribution in [-0.2, 0) is 6.54 Å². The lowest BCUT2D eigenvalue weighted by molar-refractivity contribution is 0.217. The lowest BCUT2D eigenvalue weighted by Crippen LogP contribution is -2.21. The number of halogens is 2. The number of aliphatic hydroxyl groups excluding tert-OH is 1.